The van der Waals surface area contributed by atoms with Crippen molar-refractivity contribution in [2.75, 3.05) is 26.2 Å². The Hall–Kier alpha value is -4.33. The van der Waals surface area contributed by atoms with Gasteiger partial charge in [0.1, 0.15) is 17.3 Å². The summed E-state index contributed by atoms with van der Waals surface area (Å²) in [4.78, 5) is 27.5. The van der Waals surface area contributed by atoms with Gasteiger partial charge in [0.15, 0.2) is 11.5 Å². The number of Topliss-reactive ketones (excluding diaryl/α,β-unsaturated/α-hetero) is 1. The standard InChI is InChI=1S/C26H22FNO6/c1-32-17-11-9-16(10-12-17)28-23(18-6-4-5-7-19(18)27)22(25(30)26(28)31)24(29)15-8-13-20(33-2)21(14-15)34-3/h4-14,23,29H,1-3H3/b24-22+. The Bertz CT molecular complexity index is 1280. The van der Waals surface area contributed by atoms with Crippen LogP contribution in [0.2, 0.25) is 0 Å². The van der Waals surface area contributed by atoms with Crippen molar-refractivity contribution in [2.24, 2.45) is 0 Å². The number of benzene rings is 3. The molecule has 0 saturated carbocycles. The highest BCUT2D eigenvalue weighted by Gasteiger charge is 2.47. The number of hydrogen-bond donors (Lipinski definition) is 1. The summed E-state index contributed by atoms with van der Waals surface area (Å²) in [5.74, 6) is -1.61. The van der Waals surface area contributed by atoms with Crippen LogP contribution < -0.4 is 19.1 Å². The first kappa shape index (κ1) is 22.8. The van der Waals surface area contributed by atoms with E-state index in [0.717, 1.165) is 0 Å². The van der Waals surface area contributed by atoms with E-state index in [1.165, 1.54) is 56.6 Å². The number of ether oxygens (including phenoxy) is 3. The predicted octanol–water partition coefficient (Wildman–Crippen LogP) is 4.48. The predicted molar refractivity (Wildman–Crippen MR) is 124 cm³/mol. The molecule has 1 aliphatic rings. The fourth-order valence-electron chi connectivity index (χ4n) is 3.97. The molecular weight excluding hydrogens is 441 g/mol. The molecule has 0 bridgehead atoms. The molecule has 0 aromatic heterocycles. The Labute approximate surface area is 195 Å². The van der Waals surface area contributed by atoms with E-state index in [2.05, 4.69) is 0 Å². The maximum Gasteiger partial charge on any atom is 0.300 e. The molecule has 7 nitrogen and oxygen atoms in total. The number of methoxy groups -OCH3 is 3. The van der Waals surface area contributed by atoms with Gasteiger partial charge in [-0.1, -0.05) is 18.2 Å². The Morgan fingerprint density at radius 3 is 2.18 bits per heavy atom. The maximum atomic E-state index is 15.0. The van der Waals surface area contributed by atoms with Crippen LogP contribution in [0.1, 0.15) is 17.2 Å². The van der Waals surface area contributed by atoms with E-state index in [1.54, 1.807) is 36.4 Å². The van der Waals surface area contributed by atoms with Crippen molar-refractivity contribution >= 4 is 23.1 Å². The lowest BCUT2D eigenvalue weighted by atomic mass is 9.94. The molecule has 0 aliphatic carbocycles. The summed E-state index contributed by atoms with van der Waals surface area (Å²) in [6.45, 7) is 0. The lowest BCUT2D eigenvalue weighted by Gasteiger charge is -2.26. The Balaban J connectivity index is 1.94. The van der Waals surface area contributed by atoms with Crippen molar-refractivity contribution in [3.63, 3.8) is 0 Å². The summed E-state index contributed by atoms with van der Waals surface area (Å²) in [6, 6.07) is 15.6. The molecule has 3 aromatic carbocycles. The van der Waals surface area contributed by atoms with Crippen LogP contribution in [0.4, 0.5) is 10.1 Å². The quantitative estimate of drug-likeness (QED) is 0.330. The van der Waals surface area contributed by atoms with Gasteiger partial charge in [-0.25, -0.2) is 4.39 Å². The molecule has 174 valence electrons. The molecule has 0 spiro atoms. The van der Waals surface area contributed by atoms with Gasteiger partial charge in [0.25, 0.3) is 11.7 Å². The largest absolute Gasteiger partial charge is 0.507 e. The Kier molecular flexibility index (Phi) is 6.23. The van der Waals surface area contributed by atoms with Gasteiger partial charge >= 0.3 is 0 Å². The normalized spacial score (nSPS) is 17.1. The fourth-order valence-corrected chi connectivity index (χ4v) is 3.97. The number of aliphatic hydroxyl groups excluding tert-OH is 1. The van der Waals surface area contributed by atoms with Gasteiger partial charge in [0.2, 0.25) is 0 Å². The summed E-state index contributed by atoms with van der Waals surface area (Å²) in [7, 11) is 4.41. The van der Waals surface area contributed by atoms with Crippen LogP contribution in [-0.2, 0) is 9.59 Å². The molecule has 1 heterocycles. The van der Waals surface area contributed by atoms with E-state index in [0.29, 0.717) is 22.9 Å². The zero-order valence-corrected chi connectivity index (χ0v) is 18.7. The third-order valence-electron chi connectivity index (χ3n) is 5.65. The van der Waals surface area contributed by atoms with Gasteiger partial charge in [0.05, 0.1) is 32.9 Å². The lowest BCUT2D eigenvalue weighted by molar-refractivity contribution is -0.132. The van der Waals surface area contributed by atoms with Crippen LogP contribution in [-0.4, -0.2) is 38.1 Å². The molecule has 1 atom stereocenters. The summed E-state index contributed by atoms with van der Waals surface area (Å²) in [6.07, 6.45) is 0. The summed E-state index contributed by atoms with van der Waals surface area (Å²) in [5, 5.41) is 11.2. The molecule has 3 aromatic rings. The smallest absolute Gasteiger partial charge is 0.300 e. The number of anilines is 1. The van der Waals surface area contributed by atoms with E-state index in [-0.39, 0.29) is 16.7 Å². The second kappa shape index (κ2) is 9.27. The van der Waals surface area contributed by atoms with Crippen molar-refractivity contribution in [3.8, 4) is 17.2 Å². The minimum absolute atomic E-state index is 0.0690. The minimum Gasteiger partial charge on any atom is -0.507 e. The van der Waals surface area contributed by atoms with Gasteiger partial charge in [-0.2, -0.15) is 0 Å². The van der Waals surface area contributed by atoms with Crippen molar-refractivity contribution < 1.29 is 33.3 Å². The van der Waals surface area contributed by atoms with Crippen LogP contribution >= 0.6 is 0 Å². The third-order valence-corrected chi connectivity index (χ3v) is 5.65. The molecule has 1 aliphatic heterocycles. The van der Waals surface area contributed by atoms with Crippen LogP contribution in [0, 0.1) is 5.82 Å². The zero-order chi connectivity index (χ0) is 24.4. The first-order chi connectivity index (χ1) is 16.4. The van der Waals surface area contributed by atoms with Gasteiger partial charge in [0, 0.05) is 16.8 Å². The second-order valence-electron chi connectivity index (χ2n) is 7.46. The van der Waals surface area contributed by atoms with Gasteiger partial charge < -0.3 is 19.3 Å². The van der Waals surface area contributed by atoms with Crippen LogP contribution in [0.5, 0.6) is 17.2 Å². The van der Waals surface area contributed by atoms with Crippen LogP contribution in [0.3, 0.4) is 0 Å². The van der Waals surface area contributed by atoms with E-state index in [4.69, 9.17) is 14.2 Å². The Morgan fingerprint density at radius 1 is 0.882 bits per heavy atom. The number of nitrogens with zero attached hydrogens (tertiary/aromatic N) is 1. The van der Waals surface area contributed by atoms with Crippen molar-refractivity contribution in [1.82, 2.24) is 0 Å². The van der Waals surface area contributed by atoms with Crippen LogP contribution in [0.15, 0.2) is 72.3 Å². The lowest BCUT2D eigenvalue weighted by Crippen LogP contribution is -2.29. The number of hydrogen-bond acceptors (Lipinski definition) is 6. The Morgan fingerprint density at radius 2 is 1.56 bits per heavy atom. The number of rotatable bonds is 6. The number of halogens is 1. The number of ketones is 1. The molecule has 0 radical (unpaired) electrons. The first-order valence-electron chi connectivity index (χ1n) is 10.3. The summed E-state index contributed by atoms with van der Waals surface area (Å²) in [5.41, 5.74) is 0.395. The third kappa shape index (κ3) is 3.83. The molecular formula is C26H22FNO6. The zero-order valence-electron chi connectivity index (χ0n) is 18.7. The highest BCUT2D eigenvalue weighted by Crippen LogP contribution is 2.43. The fraction of sp³-hybridized carbons (Fsp3) is 0.154. The minimum atomic E-state index is -1.19. The van der Waals surface area contributed by atoms with Crippen molar-refractivity contribution in [1.29, 1.82) is 0 Å². The van der Waals surface area contributed by atoms with Gasteiger partial charge in [-0.05, 0) is 48.5 Å². The van der Waals surface area contributed by atoms with E-state index >= 15 is 0 Å². The molecule has 4 rings (SSSR count). The number of amides is 1. The summed E-state index contributed by atoms with van der Waals surface area (Å²) < 4.78 is 30.6. The monoisotopic (exact) mass is 463 g/mol. The second-order valence-corrected chi connectivity index (χ2v) is 7.46. The molecule has 1 N–H and O–H groups in total. The van der Waals surface area contributed by atoms with E-state index in [9.17, 15) is 19.1 Å². The number of carbonyl (C=O) groups excluding carboxylic acids is 2. The highest BCUT2D eigenvalue weighted by atomic mass is 19.1. The van der Waals surface area contributed by atoms with Crippen molar-refractivity contribution in [3.05, 3.63) is 89.2 Å². The molecule has 8 heteroatoms. The molecule has 1 saturated heterocycles. The SMILES string of the molecule is COc1ccc(N2C(=O)C(=O)/C(=C(/O)c3ccc(OC)c(OC)c3)C2c2ccccc2F)cc1. The topological polar surface area (TPSA) is 85.3 Å². The molecule has 34 heavy (non-hydrogen) atoms. The average molecular weight is 463 g/mol. The van der Waals surface area contributed by atoms with E-state index < -0.39 is 29.3 Å². The average Bonchev–Trinajstić information content (AvgIpc) is 3.13. The summed E-state index contributed by atoms with van der Waals surface area (Å²) >= 11 is 0. The molecule has 1 fully saturated rings. The molecule has 1 unspecified atom stereocenters. The van der Waals surface area contributed by atoms with Gasteiger partial charge in [-0.15, -0.1) is 0 Å². The maximum absolute atomic E-state index is 15.0. The van der Waals surface area contributed by atoms with Crippen LogP contribution in [0.25, 0.3) is 5.76 Å². The van der Waals surface area contributed by atoms with E-state index in [1.807, 2.05) is 0 Å². The number of aliphatic hydroxyl groups is 1. The van der Waals surface area contributed by atoms with Gasteiger partial charge in [-0.3, -0.25) is 14.5 Å². The molecule has 1 amide bonds. The highest BCUT2D eigenvalue weighted by molar-refractivity contribution is 6.51. The first-order valence-corrected chi connectivity index (χ1v) is 10.3. The van der Waals surface area contributed by atoms with Crippen molar-refractivity contribution in [2.45, 2.75) is 6.04 Å². The number of carbonyl (C=O) groups is 2.